The van der Waals surface area contributed by atoms with Gasteiger partial charge in [0.05, 0.1) is 7.11 Å². The maximum atomic E-state index is 10.3. The van der Waals surface area contributed by atoms with Gasteiger partial charge in [0, 0.05) is 6.92 Å². The molecule has 0 aromatic rings. The Balaban J connectivity index is 3.68. The Morgan fingerprint density at radius 3 is 2.50 bits per heavy atom. The van der Waals surface area contributed by atoms with E-state index < -0.39 is 12.0 Å². The lowest BCUT2D eigenvalue weighted by atomic mass is 10.4. The number of methoxy groups -OCH3 is 1. The minimum Gasteiger partial charge on any atom is -0.463 e. The quantitative estimate of drug-likeness (QED) is 0.365. The third-order valence-electron chi connectivity index (χ3n) is 0.736. The van der Waals surface area contributed by atoms with Crippen molar-refractivity contribution in [2.45, 2.75) is 13.0 Å². The standard InChI is InChI=1S/C5H7NO2/c1-4(6-2)5(7)8-3/h4H,1,3H3/t4-/m1/s1. The van der Waals surface area contributed by atoms with Crippen LogP contribution in [0.3, 0.4) is 0 Å². The van der Waals surface area contributed by atoms with Crippen molar-refractivity contribution in [3.8, 4) is 0 Å². The lowest BCUT2D eigenvalue weighted by molar-refractivity contribution is -0.140. The van der Waals surface area contributed by atoms with Gasteiger partial charge in [0.25, 0.3) is 0 Å². The molecular weight excluding hydrogens is 106 g/mol. The van der Waals surface area contributed by atoms with Crippen LogP contribution in [0.4, 0.5) is 0 Å². The van der Waals surface area contributed by atoms with Crippen LogP contribution in [-0.4, -0.2) is 19.1 Å². The van der Waals surface area contributed by atoms with Crippen LogP contribution in [0, 0.1) is 6.57 Å². The van der Waals surface area contributed by atoms with E-state index in [2.05, 4.69) is 9.58 Å². The maximum Gasteiger partial charge on any atom is 0.389 e. The summed E-state index contributed by atoms with van der Waals surface area (Å²) in [6.07, 6.45) is 0. The predicted octanol–water partition coefficient (Wildman–Crippen LogP) is 0.467. The third kappa shape index (κ3) is 1.61. The highest BCUT2D eigenvalue weighted by Crippen LogP contribution is 1.89. The molecule has 0 unspecified atom stereocenters. The number of carbonyl (C=O) groups is 1. The molecule has 0 aliphatic heterocycles. The molecule has 0 heterocycles. The number of hydrogen-bond donors (Lipinski definition) is 0. The Hall–Kier alpha value is -1.04. The number of ether oxygens (including phenoxy) is 1. The highest BCUT2D eigenvalue weighted by atomic mass is 16.5. The van der Waals surface area contributed by atoms with Crippen molar-refractivity contribution in [2.24, 2.45) is 0 Å². The molecule has 1 atom stereocenters. The van der Waals surface area contributed by atoms with Crippen LogP contribution in [0.15, 0.2) is 0 Å². The van der Waals surface area contributed by atoms with E-state index in [0.29, 0.717) is 0 Å². The molecule has 0 aromatic carbocycles. The number of rotatable bonds is 1. The van der Waals surface area contributed by atoms with E-state index in [1.165, 1.54) is 14.0 Å². The van der Waals surface area contributed by atoms with E-state index in [4.69, 9.17) is 6.57 Å². The largest absolute Gasteiger partial charge is 0.463 e. The number of hydrogen-bond acceptors (Lipinski definition) is 2. The lowest BCUT2D eigenvalue weighted by Crippen LogP contribution is -2.13. The second kappa shape index (κ2) is 3.03. The first-order chi connectivity index (χ1) is 3.72. The first-order valence-electron chi connectivity index (χ1n) is 2.16. The fourth-order valence-corrected chi connectivity index (χ4v) is 0.223. The molecule has 0 amide bonds. The van der Waals surface area contributed by atoms with Gasteiger partial charge in [-0.05, 0) is 0 Å². The first-order valence-corrected chi connectivity index (χ1v) is 2.16. The molecule has 3 nitrogen and oxygen atoms in total. The van der Waals surface area contributed by atoms with Crippen LogP contribution < -0.4 is 0 Å². The minimum absolute atomic E-state index is 0.472. The van der Waals surface area contributed by atoms with Crippen molar-refractivity contribution in [3.63, 3.8) is 0 Å². The summed E-state index contributed by atoms with van der Waals surface area (Å²) in [6.45, 7) is 7.87. The highest BCUT2D eigenvalue weighted by molar-refractivity contribution is 5.76. The normalized spacial score (nSPS) is 11.6. The zero-order valence-electron chi connectivity index (χ0n) is 4.84. The Morgan fingerprint density at radius 2 is 2.38 bits per heavy atom. The Labute approximate surface area is 48.1 Å². The Kier molecular flexibility index (Phi) is 2.63. The van der Waals surface area contributed by atoms with Crippen molar-refractivity contribution in [2.75, 3.05) is 7.11 Å². The summed E-state index contributed by atoms with van der Waals surface area (Å²) < 4.78 is 4.25. The van der Waals surface area contributed by atoms with Crippen LogP contribution in [0.25, 0.3) is 4.85 Å². The fraction of sp³-hybridized carbons (Fsp3) is 0.600. The zero-order chi connectivity index (χ0) is 6.57. The average molecular weight is 113 g/mol. The lowest BCUT2D eigenvalue weighted by Gasteiger charge is -1.92. The van der Waals surface area contributed by atoms with Crippen LogP contribution in [0.5, 0.6) is 0 Å². The molecule has 0 radical (unpaired) electrons. The maximum absolute atomic E-state index is 10.3. The molecule has 0 spiro atoms. The zero-order valence-corrected chi connectivity index (χ0v) is 4.84. The van der Waals surface area contributed by atoms with Gasteiger partial charge in [-0.1, -0.05) is 0 Å². The summed E-state index contributed by atoms with van der Waals surface area (Å²) in [5.74, 6) is -0.472. The number of esters is 1. The molecule has 0 aromatic heterocycles. The van der Waals surface area contributed by atoms with Crippen molar-refractivity contribution in [3.05, 3.63) is 11.4 Å². The van der Waals surface area contributed by atoms with Crippen molar-refractivity contribution in [1.82, 2.24) is 0 Å². The summed E-state index contributed by atoms with van der Waals surface area (Å²) in [6, 6.07) is -0.653. The van der Waals surface area contributed by atoms with E-state index in [1.807, 2.05) is 0 Å². The van der Waals surface area contributed by atoms with Crippen LogP contribution in [0.2, 0.25) is 0 Å². The van der Waals surface area contributed by atoms with Crippen molar-refractivity contribution < 1.29 is 9.53 Å². The topological polar surface area (TPSA) is 30.7 Å². The number of carbonyl (C=O) groups excluding carboxylic acids is 1. The molecule has 8 heavy (non-hydrogen) atoms. The molecular formula is C5H7NO2. The smallest absolute Gasteiger partial charge is 0.389 e. The number of nitrogens with zero attached hydrogens (tertiary/aromatic N) is 1. The Morgan fingerprint density at radius 1 is 1.88 bits per heavy atom. The second-order valence-corrected chi connectivity index (χ2v) is 1.33. The van der Waals surface area contributed by atoms with E-state index in [0.717, 1.165) is 0 Å². The monoisotopic (exact) mass is 113 g/mol. The molecule has 0 aliphatic rings. The summed E-state index contributed by atoms with van der Waals surface area (Å²) in [4.78, 5) is 13.2. The summed E-state index contributed by atoms with van der Waals surface area (Å²) in [5, 5.41) is 0. The van der Waals surface area contributed by atoms with Crippen molar-refractivity contribution >= 4 is 5.97 Å². The van der Waals surface area contributed by atoms with Gasteiger partial charge in [0.2, 0.25) is 0 Å². The second-order valence-electron chi connectivity index (χ2n) is 1.33. The molecule has 0 saturated carbocycles. The SMILES string of the molecule is [C-]#[N+][C@H](C)C(=O)OC. The van der Waals surface area contributed by atoms with Gasteiger partial charge in [0.1, 0.15) is 0 Å². The van der Waals surface area contributed by atoms with Crippen LogP contribution >= 0.6 is 0 Å². The molecule has 0 aliphatic carbocycles. The predicted molar refractivity (Wildman–Crippen MR) is 28.1 cm³/mol. The molecule has 44 valence electrons. The molecule has 0 saturated heterocycles. The van der Waals surface area contributed by atoms with E-state index in [9.17, 15) is 4.79 Å². The van der Waals surface area contributed by atoms with E-state index >= 15 is 0 Å². The van der Waals surface area contributed by atoms with Gasteiger partial charge < -0.3 is 9.58 Å². The van der Waals surface area contributed by atoms with Crippen molar-refractivity contribution in [1.29, 1.82) is 0 Å². The summed E-state index contributed by atoms with van der Waals surface area (Å²) in [7, 11) is 1.27. The average Bonchev–Trinajstić information content (AvgIpc) is 1.84. The van der Waals surface area contributed by atoms with Gasteiger partial charge in [0.15, 0.2) is 0 Å². The van der Waals surface area contributed by atoms with Gasteiger partial charge in [-0.3, -0.25) is 0 Å². The third-order valence-corrected chi connectivity index (χ3v) is 0.736. The molecule has 0 rings (SSSR count). The first kappa shape index (κ1) is 6.96. The van der Waals surface area contributed by atoms with Gasteiger partial charge >= 0.3 is 12.0 Å². The van der Waals surface area contributed by atoms with Gasteiger partial charge in [-0.25, -0.2) is 11.4 Å². The molecule has 3 heteroatoms. The summed E-state index contributed by atoms with van der Waals surface area (Å²) in [5.41, 5.74) is 0. The molecule has 0 N–H and O–H groups in total. The van der Waals surface area contributed by atoms with E-state index in [1.54, 1.807) is 0 Å². The van der Waals surface area contributed by atoms with Crippen LogP contribution in [-0.2, 0) is 9.53 Å². The minimum atomic E-state index is -0.653. The van der Waals surface area contributed by atoms with Gasteiger partial charge in [-0.15, -0.1) is 0 Å². The Bertz CT molecular complexity index is 125. The highest BCUT2D eigenvalue weighted by Gasteiger charge is 2.15. The van der Waals surface area contributed by atoms with Crippen LogP contribution in [0.1, 0.15) is 6.92 Å². The summed E-state index contributed by atoms with van der Waals surface area (Å²) >= 11 is 0. The van der Waals surface area contributed by atoms with Gasteiger partial charge in [-0.2, -0.15) is 0 Å². The molecule has 0 bridgehead atoms. The van der Waals surface area contributed by atoms with E-state index in [-0.39, 0.29) is 0 Å². The molecule has 0 fully saturated rings. The fourth-order valence-electron chi connectivity index (χ4n) is 0.223.